The molecule has 4 aliphatic carbocycles. The van der Waals surface area contributed by atoms with Gasteiger partial charge < -0.3 is 24.8 Å². The zero-order chi connectivity index (χ0) is 28.4. The Bertz CT molecular complexity index is 1500. The zero-order valence-corrected chi connectivity index (χ0v) is 31.0. The van der Waals surface area contributed by atoms with Crippen LogP contribution in [0.5, 0.6) is 0 Å². The molecule has 224 valence electrons. The fourth-order valence-electron chi connectivity index (χ4n) is 9.03. The number of allylic oxidation sites excluding steroid dienone is 6. The largest absolute Gasteiger partial charge is 4.00 e. The maximum absolute atomic E-state index is 2.63. The molecule has 1 fully saturated rings. The van der Waals surface area contributed by atoms with Gasteiger partial charge in [0.05, 0.1) is 0 Å². The molecule has 0 nitrogen and oxygen atoms in total. The van der Waals surface area contributed by atoms with Crippen molar-refractivity contribution in [2.24, 2.45) is 40.4 Å². The van der Waals surface area contributed by atoms with Gasteiger partial charge in [-0.3, -0.25) is 0 Å². The number of halogens is 2. The zero-order valence-electron chi connectivity index (χ0n) is 27.0. The maximum atomic E-state index is 2.63. The van der Waals surface area contributed by atoms with Crippen LogP contribution >= 0.6 is 0 Å². The Balaban J connectivity index is 0.000000307. The summed E-state index contributed by atoms with van der Waals surface area (Å²) in [4.78, 5) is 0. The summed E-state index contributed by atoms with van der Waals surface area (Å²) in [5, 5.41) is 0. The van der Waals surface area contributed by atoms with Gasteiger partial charge in [0.15, 0.2) is 0 Å². The molecule has 0 N–H and O–H groups in total. The van der Waals surface area contributed by atoms with Crippen LogP contribution in [0.2, 0.25) is 0 Å². The standard InChI is InChI=1S/C29H37.C11H9.2ClH.Zr/c1-16-13-14-25-26-23-12-10-9-11-22(23)15-24(26)27-19(4)17(2)18(3)21(6)29(27,8)28(25,7)20(16)5;1-2-6-10(7-3-1)11-8-4-5-9-11;;;/h9-14,16-18,20-21H,15H2,1-8H3;1-9H;2*1H;/q2*-1;;;+4/p-2. The minimum absolute atomic E-state index is 0. The Morgan fingerprint density at radius 2 is 1.44 bits per heavy atom. The molecule has 3 aromatic carbocycles. The summed E-state index contributed by atoms with van der Waals surface area (Å²) in [6.07, 6.45) is 6.12. The predicted octanol–water partition coefficient (Wildman–Crippen LogP) is 4.76. The van der Waals surface area contributed by atoms with E-state index in [4.69, 9.17) is 0 Å². The minimum Gasteiger partial charge on any atom is -1.00 e. The Hall–Kier alpha value is -1.66. The smallest absolute Gasteiger partial charge is 1.00 e. The molecule has 3 heteroatoms. The molecule has 0 aliphatic heterocycles. The van der Waals surface area contributed by atoms with Gasteiger partial charge in [0.1, 0.15) is 0 Å². The summed E-state index contributed by atoms with van der Waals surface area (Å²) >= 11 is 0. The molecule has 7 unspecified atom stereocenters. The Morgan fingerprint density at radius 1 is 0.791 bits per heavy atom. The quantitative estimate of drug-likeness (QED) is 0.324. The van der Waals surface area contributed by atoms with Gasteiger partial charge in [0.25, 0.3) is 0 Å². The van der Waals surface area contributed by atoms with E-state index in [0.717, 1.165) is 6.42 Å². The molecular formula is C40H46Cl2Zr. The van der Waals surface area contributed by atoms with Crippen molar-refractivity contribution in [2.45, 2.75) is 61.8 Å². The topological polar surface area (TPSA) is 0 Å². The molecule has 7 atom stereocenters. The third-order valence-electron chi connectivity index (χ3n) is 12.3. The van der Waals surface area contributed by atoms with Crippen molar-refractivity contribution < 1.29 is 51.0 Å². The van der Waals surface area contributed by atoms with Crippen molar-refractivity contribution in [3.8, 4) is 11.1 Å². The fourth-order valence-corrected chi connectivity index (χ4v) is 9.03. The van der Waals surface area contributed by atoms with E-state index in [2.05, 4.69) is 140 Å². The van der Waals surface area contributed by atoms with E-state index in [0.29, 0.717) is 29.6 Å². The summed E-state index contributed by atoms with van der Waals surface area (Å²) < 4.78 is 0. The molecule has 3 aromatic rings. The third kappa shape index (κ3) is 5.24. The number of benzene rings is 2. The van der Waals surface area contributed by atoms with Crippen LogP contribution in [0.3, 0.4) is 0 Å². The SMILES string of the molecule is C[C-]1C2=C3Cc4ccccc4C3=C3C=CC(C)C(C)C3(C)C2(C)C(C)C(C)C1C.[Cl-].[Cl-].[Zr+4].c1ccc(-c2cc[cH-]c2)cc1. The van der Waals surface area contributed by atoms with Gasteiger partial charge in [-0.15, -0.1) is 6.92 Å². The molecule has 0 spiro atoms. The van der Waals surface area contributed by atoms with Gasteiger partial charge in [0.2, 0.25) is 0 Å². The van der Waals surface area contributed by atoms with E-state index in [1.165, 1.54) is 22.3 Å². The van der Waals surface area contributed by atoms with Crippen molar-refractivity contribution in [2.75, 3.05) is 0 Å². The summed E-state index contributed by atoms with van der Waals surface area (Å²) in [5.74, 6) is 4.93. The van der Waals surface area contributed by atoms with Gasteiger partial charge in [0, 0.05) is 5.41 Å². The van der Waals surface area contributed by atoms with Crippen LogP contribution in [-0.4, -0.2) is 0 Å². The summed E-state index contributed by atoms with van der Waals surface area (Å²) in [6.45, 7) is 20.2. The van der Waals surface area contributed by atoms with Gasteiger partial charge in [-0.2, -0.15) is 34.9 Å². The van der Waals surface area contributed by atoms with Crippen LogP contribution in [0.1, 0.15) is 66.5 Å². The average molecular weight is 689 g/mol. The third-order valence-corrected chi connectivity index (χ3v) is 12.3. The van der Waals surface area contributed by atoms with Crippen LogP contribution < -0.4 is 24.8 Å². The van der Waals surface area contributed by atoms with Gasteiger partial charge in [-0.05, 0) is 34.7 Å². The molecule has 0 aromatic heterocycles. The fraction of sp³-hybridized carbons (Fsp3) is 0.400. The van der Waals surface area contributed by atoms with Gasteiger partial charge >= 0.3 is 26.2 Å². The van der Waals surface area contributed by atoms with Crippen molar-refractivity contribution in [1.82, 2.24) is 0 Å². The maximum Gasteiger partial charge on any atom is 4.00 e. The van der Waals surface area contributed by atoms with Crippen LogP contribution in [0.15, 0.2) is 108 Å². The monoisotopic (exact) mass is 686 g/mol. The summed E-state index contributed by atoms with van der Waals surface area (Å²) in [5.41, 5.74) is 12.5. The number of rotatable bonds is 1. The first-order chi connectivity index (χ1) is 19.1. The minimum atomic E-state index is 0. The van der Waals surface area contributed by atoms with E-state index >= 15 is 0 Å². The Morgan fingerprint density at radius 3 is 2.09 bits per heavy atom. The van der Waals surface area contributed by atoms with E-state index in [-0.39, 0.29) is 61.8 Å². The van der Waals surface area contributed by atoms with Crippen LogP contribution in [-0.2, 0) is 32.6 Å². The van der Waals surface area contributed by atoms with Crippen molar-refractivity contribution in [3.05, 3.63) is 125 Å². The molecule has 0 amide bonds. The van der Waals surface area contributed by atoms with Crippen molar-refractivity contribution in [3.63, 3.8) is 0 Å². The first kappa shape index (κ1) is 35.8. The molecule has 0 saturated heterocycles. The number of hydrogen-bond acceptors (Lipinski definition) is 0. The van der Waals surface area contributed by atoms with Crippen LogP contribution in [0, 0.1) is 46.3 Å². The van der Waals surface area contributed by atoms with E-state index in [9.17, 15) is 0 Å². The molecule has 0 heterocycles. The van der Waals surface area contributed by atoms with Crippen LogP contribution in [0.25, 0.3) is 16.7 Å². The van der Waals surface area contributed by atoms with Crippen LogP contribution in [0.4, 0.5) is 0 Å². The number of hydrogen-bond donors (Lipinski definition) is 0. The first-order valence-electron chi connectivity index (χ1n) is 15.5. The second kappa shape index (κ2) is 13.4. The molecular weight excluding hydrogens is 643 g/mol. The Kier molecular flexibility index (Phi) is 11.1. The predicted molar refractivity (Wildman–Crippen MR) is 172 cm³/mol. The second-order valence-electron chi connectivity index (χ2n) is 13.5. The summed E-state index contributed by atoms with van der Waals surface area (Å²) in [6, 6.07) is 27.9. The molecule has 7 rings (SSSR count). The molecule has 4 aliphatic rings. The molecule has 0 radical (unpaired) electrons. The van der Waals surface area contributed by atoms with E-state index in [1.54, 1.807) is 28.2 Å². The average Bonchev–Trinajstić information content (AvgIpc) is 3.64. The van der Waals surface area contributed by atoms with E-state index < -0.39 is 0 Å². The Labute approximate surface area is 292 Å². The van der Waals surface area contributed by atoms with Crippen molar-refractivity contribution >= 4 is 5.57 Å². The molecule has 0 bridgehead atoms. The normalized spacial score (nSPS) is 31.6. The van der Waals surface area contributed by atoms with Gasteiger partial charge in [-0.1, -0.05) is 150 Å². The summed E-state index contributed by atoms with van der Waals surface area (Å²) in [7, 11) is 0. The molecule has 43 heavy (non-hydrogen) atoms. The first-order valence-corrected chi connectivity index (χ1v) is 15.5. The van der Waals surface area contributed by atoms with Crippen molar-refractivity contribution in [1.29, 1.82) is 0 Å². The molecule has 1 saturated carbocycles. The van der Waals surface area contributed by atoms with E-state index in [1.807, 2.05) is 6.07 Å². The second-order valence-corrected chi connectivity index (χ2v) is 13.5. The van der Waals surface area contributed by atoms with Gasteiger partial charge in [-0.25, -0.2) is 12.0 Å². The number of fused-ring (bicyclic) bond motifs is 6.